The summed E-state index contributed by atoms with van der Waals surface area (Å²) in [4.78, 5) is 0. The van der Waals surface area contributed by atoms with Gasteiger partial charge in [-0.2, -0.15) is 5.26 Å². The van der Waals surface area contributed by atoms with Gasteiger partial charge in [0.1, 0.15) is 12.4 Å². The molecule has 0 radical (unpaired) electrons. The monoisotopic (exact) mass is 205 g/mol. The molecule has 0 amide bonds. The first kappa shape index (κ1) is 11.5. The summed E-state index contributed by atoms with van der Waals surface area (Å²) < 4.78 is 10.6. The van der Waals surface area contributed by atoms with Crippen LogP contribution in [0.2, 0.25) is 0 Å². The maximum Gasteiger partial charge on any atom is 0.119 e. The molecule has 0 bridgehead atoms. The van der Waals surface area contributed by atoms with Gasteiger partial charge in [0, 0.05) is 7.11 Å². The number of nitrogens with zero attached hydrogens (tertiary/aromatic N) is 1. The van der Waals surface area contributed by atoms with E-state index in [0.29, 0.717) is 13.0 Å². The average Bonchev–Trinajstić information content (AvgIpc) is 2.28. The van der Waals surface area contributed by atoms with Crippen LogP contribution in [0.4, 0.5) is 0 Å². The van der Waals surface area contributed by atoms with Crippen molar-refractivity contribution in [3.8, 4) is 11.8 Å². The molecular formula is C12H15NO2. The molecule has 80 valence electrons. The van der Waals surface area contributed by atoms with Gasteiger partial charge in [0.05, 0.1) is 18.6 Å². The lowest BCUT2D eigenvalue weighted by Gasteiger charge is -2.11. The maximum absolute atomic E-state index is 8.50. The van der Waals surface area contributed by atoms with Gasteiger partial charge in [-0.3, -0.25) is 0 Å². The predicted molar refractivity (Wildman–Crippen MR) is 57.7 cm³/mol. The summed E-state index contributed by atoms with van der Waals surface area (Å²) in [6.07, 6.45) is 0.526. The largest absolute Gasteiger partial charge is 0.491 e. The highest BCUT2D eigenvalue weighted by Gasteiger charge is 2.00. The van der Waals surface area contributed by atoms with Crippen molar-refractivity contribution in [2.45, 2.75) is 19.4 Å². The van der Waals surface area contributed by atoms with E-state index in [1.807, 2.05) is 31.2 Å². The van der Waals surface area contributed by atoms with E-state index in [1.165, 1.54) is 0 Å². The zero-order valence-electron chi connectivity index (χ0n) is 9.06. The molecule has 0 aromatic heterocycles. The molecule has 1 aromatic rings. The Kier molecular flexibility index (Phi) is 4.65. The Bertz CT molecular complexity index is 326. The van der Waals surface area contributed by atoms with Crippen molar-refractivity contribution >= 4 is 0 Å². The first-order chi connectivity index (χ1) is 7.26. The fourth-order valence-electron chi connectivity index (χ4n) is 1.08. The van der Waals surface area contributed by atoms with E-state index < -0.39 is 0 Å². The fourth-order valence-corrected chi connectivity index (χ4v) is 1.08. The summed E-state index contributed by atoms with van der Waals surface area (Å²) in [5.74, 6) is 0.806. The molecule has 0 spiro atoms. The molecule has 0 saturated heterocycles. The summed E-state index contributed by atoms with van der Waals surface area (Å²) in [7, 11) is 1.66. The second-order valence-corrected chi connectivity index (χ2v) is 3.34. The van der Waals surface area contributed by atoms with Crippen LogP contribution in [0.1, 0.15) is 12.5 Å². The van der Waals surface area contributed by atoms with E-state index >= 15 is 0 Å². The molecule has 1 aromatic carbocycles. The van der Waals surface area contributed by atoms with E-state index in [0.717, 1.165) is 11.3 Å². The lowest BCUT2D eigenvalue weighted by Crippen LogP contribution is -2.15. The Morgan fingerprint density at radius 2 is 2.00 bits per heavy atom. The molecule has 0 fully saturated rings. The minimum atomic E-state index is 0.0868. The Balaban J connectivity index is 2.46. The number of ether oxygens (including phenoxy) is 2. The molecule has 0 saturated carbocycles. The molecule has 3 heteroatoms. The van der Waals surface area contributed by atoms with Crippen molar-refractivity contribution in [1.29, 1.82) is 5.26 Å². The maximum atomic E-state index is 8.50. The van der Waals surface area contributed by atoms with E-state index in [1.54, 1.807) is 7.11 Å². The quantitative estimate of drug-likeness (QED) is 0.739. The Labute approximate surface area is 90.2 Å². The SMILES string of the molecule is COC(C)COc1ccc(CC#N)cc1. The van der Waals surface area contributed by atoms with E-state index in [2.05, 4.69) is 6.07 Å². The van der Waals surface area contributed by atoms with Crippen LogP contribution < -0.4 is 4.74 Å². The molecule has 1 unspecified atom stereocenters. The van der Waals surface area contributed by atoms with Crippen LogP contribution in [0, 0.1) is 11.3 Å². The molecule has 15 heavy (non-hydrogen) atoms. The van der Waals surface area contributed by atoms with Crippen molar-refractivity contribution in [3.05, 3.63) is 29.8 Å². The first-order valence-corrected chi connectivity index (χ1v) is 4.87. The number of hydrogen-bond donors (Lipinski definition) is 0. The van der Waals surface area contributed by atoms with Crippen LogP contribution in [0.5, 0.6) is 5.75 Å². The molecule has 1 rings (SSSR count). The van der Waals surface area contributed by atoms with Gasteiger partial charge in [-0.05, 0) is 24.6 Å². The van der Waals surface area contributed by atoms with Crippen LogP contribution in [0.25, 0.3) is 0 Å². The fraction of sp³-hybridized carbons (Fsp3) is 0.417. The van der Waals surface area contributed by atoms with Gasteiger partial charge in [0.25, 0.3) is 0 Å². The van der Waals surface area contributed by atoms with E-state index in [-0.39, 0.29) is 6.10 Å². The number of rotatable bonds is 5. The second-order valence-electron chi connectivity index (χ2n) is 3.34. The number of methoxy groups -OCH3 is 1. The number of nitriles is 1. The third-order valence-electron chi connectivity index (χ3n) is 2.09. The van der Waals surface area contributed by atoms with Crippen LogP contribution in [0.15, 0.2) is 24.3 Å². The topological polar surface area (TPSA) is 42.2 Å². The molecule has 0 aliphatic rings. The molecule has 0 aliphatic heterocycles. The number of benzene rings is 1. The smallest absolute Gasteiger partial charge is 0.119 e. The van der Waals surface area contributed by atoms with Crippen LogP contribution >= 0.6 is 0 Å². The van der Waals surface area contributed by atoms with Gasteiger partial charge in [-0.15, -0.1) is 0 Å². The Morgan fingerprint density at radius 1 is 1.33 bits per heavy atom. The number of hydrogen-bond acceptors (Lipinski definition) is 3. The lowest BCUT2D eigenvalue weighted by atomic mass is 10.2. The van der Waals surface area contributed by atoms with Crippen LogP contribution in [0.3, 0.4) is 0 Å². The van der Waals surface area contributed by atoms with E-state index in [4.69, 9.17) is 14.7 Å². The summed E-state index contributed by atoms with van der Waals surface area (Å²) in [6.45, 7) is 2.48. The average molecular weight is 205 g/mol. The van der Waals surface area contributed by atoms with Crippen molar-refractivity contribution in [1.82, 2.24) is 0 Å². The zero-order chi connectivity index (χ0) is 11.1. The molecular weight excluding hydrogens is 190 g/mol. The zero-order valence-corrected chi connectivity index (χ0v) is 9.06. The predicted octanol–water partition coefficient (Wildman–Crippen LogP) is 2.17. The normalized spacial score (nSPS) is 11.8. The van der Waals surface area contributed by atoms with Gasteiger partial charge >= 0.3 is 0 Å². The molecule has 1 atom stereocenters. The Hall–Kier alpha value is -1.53. The molecule has 3 nitrogen and oxygen atoms in total. The van der Waals surface area contributed by atoms with Gasteiger partial charge in [0.2, 0.25) is 0 Å². The van der Waals surface area contributed by atoms with E-state index in [9.17, 15) is 0 Å². The summed E-state index contributed by atoms with van der Waals surface area (Å²) >= 11 is 0. The van der Waals surface area contributed by atoms with Gasteiger partial charge < -0.3 is 9.47 Å². The third kappa shape index (κ3) is 4.01. The molecule has 0 N–H and O–H groups in total. The summed E-state index contributed by atoms with van der Waals surface area (Å²) in [5, 5.41) is 8.50. The highest BCUT2D eigenvalue weighted by molar-refractivity contribution is 5.28. The standard InChI is InChI=1S/C12H15NO2/c1-10(14-2)9-15-12-5-3-11(4-6-12)7-8-13/h3-6,10H,7,9H2,1-2H3. The Morgan fingerprint density at radius 3 is 2.53 bits per heavy atom. The lowest BCUT2D eigenvalue weighted by molar-refractivity contribution is 0.0716. The minimum Gasteiger partial charge on any atom is -0.491 e. The van der Waals surface area contributed by atoms with Gasteiger partial charge in [-0.25, -0.2) is 0 Å². The summed E-state index contributed by atoms with van der Waals surface area (Å²) in [5.41, 5.74) is 1.00. The van der Waals surface area contributed by atoms with Crippen molar-refractivity contribution < 1.29 is 9.47 Å². The first-order valence-electron chi connectivity index (χ1n) is 4.87. The van der Waals surface area contributed by atoms with Crippen LogP contribution in [-0.4, -0.2) is 19.8 Å². The highest BCUT2D eigenvalue weighted by atomic mass is 16.5. The van der Waals surface area contributed by atoms with Crippen molar-refractivity contribution in [2.75, 3.05) is 13.7 Å². The minimum absolute atomic E-state index is 0.0868. The molecule has 0 heterocycles. The summed E-state index contributed by atoms with van der Waals surface area (Å²) in [6, 6.07) is 9.64. The van der Waals surface area contributed by atoms with Crippen LogP contribution in [-0.2, 0) is 11.2 Å². The van der Waals surface area contributed by atoms with Gasteiger partial charge in [0.15, 0.2) is 0 Å². The third-order valence-corrected chi connectivity index (χ3v) is 2.09. The van der Waals surface area contributed by atoms with Crippen molar-refractivity contribution in [2.24, 2.45) is 0 Å². The second kappa shape index (κ2) is 6.05. The molecule has 0 aliphatic carbocycles. The van der Waals surface area contributed by atoms with Gasteiger partial charge in [-0.1, -0.05) is 12.1 Å². The highest BCUT2D eigenvalue weighted by Crippen LogP contribution is 2.12. The van der Waals surface area contributed by atoms with Crippen molar-refractivity contribution in [3.63, 3.8) is 0 Å².